The largest absolute Gasteiger partial charge is 0.482 e. The number of aliphatic hydroxyl groups excluding tert-OH is 2. The zero-order valence-electron chi connectivity index (χ0n) is 6.35. The lowest BCUT2D eigenvalue weighted by Crippen LogP contribution is -2.28. The van der Waals surface area contributed by atoms with Gasteiger partial charge in [0.25, 0.3) is 0 Å². The summed E-state index contributed by atoms with van der Waals surface area (Å²) in [5, 5.41) is 31.9. The van der Waals surface area contributed by atoms with E-state index >= 15 is 0 Å². The summed E-state index contributed by atoms with van der Waals surface area (Å²) >= 11 is 0. The maximum absolute atomic E-state index is 8.93. The summed E-state index contributed by atoms with van der Waals surface area (Å²) in [6.07, 6.45) is 2.81. The lowest BCUT2D eigenvalue weighted by atomic mass is 9.95. The lowest BCUT2D eigenvalue weighted by Gasteiger charge is -2.22. The van der Waals surface area contributed by atoms with Crippen molar-refractivity contribution in [3.63, 3.8) is 0 Å². The van der Waals surface area contributed by atoms with Crippen LogP contribution in [0.4, 0.5) is 0 Å². The van der Waals surface area contributed by atoms with Gasteiger partial charge in [-0.25, -0.2) is 0 Å². The van der Waals surface area contributed by atoms with Crippen molar-refractivity contribution in [2.45, 2.75) is 37.9 Å². The summed E-state index contributed by atoms with van der Waals surface area (Å²) in [6.45, 7) is 0. The van der Waals surface area contributed by atoms with Crippen molar-refractivity contribution in [3.05, 3.63) is 0 Å². The van der Waals surface area contributed by atoms with Crippen LogP contribution in [0.2, 0.25) is 0 Å². The van der Waals surface area contributed by atoms with Crippen molar-refractivity contribution in [1.29, 1.82) is 0 Å². The van der Waals surface area contributed by atoms with Crippen LogP contribution in [-0.4, -0.2) is 40.2 Å². The summed E-state index contributed by atoms with van der Waals surface area (Å²) in [5.41, 5.74) is 0. The second kappa shape index (κ2) is 6.60. The van der Waals surface area contributed by atoms with Gasteiger partial charge in [0.2, 0.25) is 0 Å². The lowest BCUT2D eigenvalue weighted by molar-refractivity contribution is -0.00865. The Labute approximate surface area is 66.8 Å². The van der Waals surface area contributed by atoms with Crippen LogP contribution in [0.25, 0.3) is 0 Å². The van der Waals surface area contributed by atoms with E-state index in [1.807, 2.05) is 0 Å². The average molecular weight is 161 g/mol. The molecule has 0 aromatic rings. The molecule has 1 aliphatic rings. The van der Waals surface area contributed by atoms with Gasteiger partial charge in [0, 0.05) is 0 Å². The molecule has 1 saturated carbocycles. The third-order valence-electron chi connectivity index (χ3n) is 1.69. The normalized spacial score (nSPS) is 30.2. The van der Waals surface area contributed by atoms with Crippen molar-refractivity contribution in [3.8, 4) is 0 Å². The van der Waals surface area contributed by atoms with E-state index in [1.54, 1.807) is 0 Å². The number of hydrogen-bond acceptors (Lipinski definition) is 4. The van der Waals surface area contributed by atoms with Crippen LogP contribution < -0.4 is 0 Å². The predicted octanol–water partition coefficient (Wildman–Crippen LogP) is -1.21. The summed E-state index contributed by atoms with van der Waals surface area (Å²) in [7, 11) is 0. The standard InChI is InChI=1S/C6H12O2.BH2O2/c7-5-3-1-2-4-6(5)8;2-1-3/h5-8H,1-4H2;2-3H. The number of hydrogen-bond donors (Lipinski definition) is 4. The number of aliphatic hydroxyl groups is 2. The molecular formula is C6H14BO4. The third kappa shape index (κ3) is 5.20. The van der Waals surface area contributed by atoms with E-state index in [-0.39, 0.29) is 7.69 Å². The van der Waals surface area contributed by atoms with Crippen LogP contribution in [0, 0.1) is 0 Å². The molecule has 1 radical (unpaired) electrons. The van der Waals surface area contributed by atoms with Crippen LogP contribution in [0.15, 0.2) is 0 Å². The van der Waals surface area contributed by atoms with Gasteiger partial charge in [-0.1, -0.05) is 12.8 Å². The van der Waals surface area contributed by atoms with E-state index < -0.39 is 12.2 Å². The monoisotopic (exact) mass is 161 g/mol. The summed E-state index contributed by atoms with van der Waals surface area (Å²) < 4.78 is 0. The van der Waals surface area contributed by atoms with Crippen molar-refractivity contribution in [2.24, 2.45) is 0 Å². The van der Waals surface area contributed by atoms with E-state index in [4.69, 9.17) is 20.3 Å². The molecule has 4 nitrogen and oxygen atoms in total. The van der Waals surface area contributed by atoms with Gasteiger partial charge >= 0.3 is 7.69 Å². The van der Waals surface area contributed by atoms with Crippen LogP contribution in [0.1, 0.15) is 25.7 Å². The minimum atomic E-state index is -0.441. The molecule has 4 N–H and O–H groups in total. The fourth-order valence-electron chi connectivity index (χ4n) is 1.09. The Hall–Kier alpha value is -0.0951. The van der Waals surface area contributed by atoms with Gasteiger partial charge in [-0.3, -0.25) is 0 Å². The molecule has 2 atom stereocenters. The maximum atomic E-state index is 8.93. The Kier molecular flexibility index (Phi) is 6.55. The Balaban J connectivity index is 0.000000292. The quantitative estimate of drug-likeness (QED) is 0.336. The van der Waals surface area contributed by atoms with Gasteiger partial charge in [-0.05, 0) is 12.8 Å². The molecule has 0 aromatic heterocycles. The van der Waals surface area contributed by atoms with Crippen molar-refractivity contribution < 1.29 is 20.3 Å². The molecule has 1 fully saturated rings. The maximum Gasteiger partial charge on any atom is 0.482 e. The Morgan fingerprint density at radius 2 is 1.18 bits per heavy atom. The predicted molar refractivity (Wildman–Crippen MR) is 40.7 cm³/mol. The van der Waals surface area contributed by atoms with E-state index in [0.29, 0.717) is 0 Å². The molecule has 11 heavy (non-hydrogen) atoms. The van der Waals surface area contributed by atoms with Crippen LogP contribution in [0.5, 0.6) is 0 Å². The Bertz CT molecular complexity index is 80.7. The van der Waals surface area contributed by atoms with E-state index in [0.717, 1.165) is 25.7 Å². The fraction of sp³-hybridized carbons (Fsp3) is 1.00. The molecule has 0 amide bonds. The molecule has 65 valence electrons. The molecule has 1 rings (SSSR count). The summed E-state index contributed by atoms with van der Waals surface area (Å²) in [5.74, 6) is 0. The smallest absolute Gasteiger partial charge is 0.429 e. The highest BCUT2D eigenvalue weighted by molar-refractivity contribution is 6.13. The molecular weight excluding hydrogens is 147 g/mol. The molecule has 0 saturated heterocycles. The van der Waals surface area contributed by atoms with Crippen molar-refractivity contribution >= 4 is 7.69 Å². The van der Waals surface area contributed by atoms with Crippen LogP contribution in [-0.2, 0) is 0 Å². The van der Waals surface area contributed by atoms with Gasteiger partial charge in [-0.2, -0.15) is 0 Å². The highest BCUT2D eigenvalue weighted by Crippen LogP contribution is 2.17. The zero-order valence-corrected chi connectivity index (χ0v) is 6.35. The SMILES string of the molecule is OC1CCCCC1O.O[B]O. The molecule has 5 heteroatoms. The van der Waals surface area contributed by atoms with Gasteiger partial charge in [0.05, 0.1) is 12.2 Å². The molecule has 1 aliphatic carbocycles. The summed E-state index contributed by atoms with van der Waals surface area (Å²) in [4.78, 5) is 0. The first-order valence-corrected chi connectivity index (χ1v) is 3.68. The first kappa shape index (κ1) is 10.9. The van der Waals surface area contributed by atoms with Crippen molar-refractivity contribution in [2.75, 3.05) is 0 Å². The van der Waals surface area contributed by atoms with Crippen molar-refractivity contribution in [1.82, 2.24) is 0 Å². The highest BCUT2D eigenvalue weighted by atomic mass is 16.4. The van der Waals surface area contributed by atoms with Gasteiger partial charge in [-0.15, -0.1) is 0 Å². The average Bonchev–Trinajstić information content (AvgIpc) is 1.97. The van der Waals surface area contributed by atoms with E-state index in [1.165, 1.54) is 0 Å². The number of rotatable bonds is 0. The third-order valence-corrected chi connectivity index (χ3v) is 1.69. The molecule has 0 spiro atoms. The van der Waals surface area contributed by atoms with Crippen LogP contribution >= 0.6 is 0 Å². The van der Waals surface area contributed by atoms with E-state index in [9.17, 15) is 0 Å². The second-order valence-electron chi connectivity index (χ2n) is 2.53. The summed E-state index contributed by atoms with van der Waals surface area (Å²) in [6, 6.07) is 0. The minimum absolute atomic E-state index is 0. The second-order valence-corrected chi connectivity index (χ2v) is 2.53. The van der Waals surface area contributed by atoms with Gasteiger partial charge in [0.1, 0.15) is 0 Å². The van der Waals surface area contributed by atoms with Gasteiger partial charge < -0.3 is 20.3 Å². The first-order valence-electron chi connectivity index (χ1n) is 3.68. The Morgan fingerprint density at radius 1 is 0.909 bits per heavy atom. The van der Waals surface area contributed by atoms with Crippen LogP contribution in [0.3, 0.4) is 0 Å². The molecule has 0 bridgehead atoms. The minimum Gasteiger partial charge on any atom is -0.429 e. The zero-order chi connectivity index (χ0) is 8.69. The molecule has 0 aliphatic heterocycles. The first-order chi connectivity index (χ1) is 5.22. The molecule has 0 heterocycles. The molecule has 0 aromatic carbocycles. The fourth-order valence-corrected chi connectivity index (χ4v) is 1.09. The molecule has 2 unspecified atom stereocenters. The van der Waals surface area contributed by atoms with E-state index in [2.05, 4.69) is 0 Å². The topological polar surface area (TPSA) is 80.9 Å². The Morgan fingerprint density at radius 3 is 1.36 bits per heavy atom. The van der Waals surface area contributed by atoms with Gasteiger partial charge in [0.15, 0.2) is 0 Å². The highest BCUT2D eigenvalue weighted by Gasteiger charge is 2.19.